The lowest BCUT2D eigenvalue weighted by molar-refractivity contribution is -0.134. The summed E-state index contributed by atoms with van der Waals surface area (Å²) in [5.74, 6) is 0.625. The summed E-state index contributed by atoms with van der Waals surface area (Å²) in [6.07, 6.45) is 6.12. The van der Waals surface area contributed by atoms with E-state index in [0.29, 0.717) is 24.3 Å². The van der Waals surface area contributed by atoms with Crippen LogP contribution in [0, 0.1) is 5.92 Å². The third-order valence-corrected chi connectivity index (χ3v) is 5.39. The van der Waals surface area contributed by atoms with Gasteiger partial charge < -0.3 is 14.9 Å². The van der Waals surface area contributed by atoms with E-state index in [4.69, 9.17) is 0 Å². The molecule has 0 aromatic carbocycles. The number of carbonyl (C=O) groups is 1. The van der Waals surface area contributed by atoms with Crippen molar-refractivity contribution in [2.75, 3.05) is 26.2 Å². The van der Waals surface area contributed by atoms with E-state index in [-0.39, 0.29) is 0 Å². The number of nitrogens with zero attached hydrogens (tertiary/aromatic N) is 2. The number of aliphatic hydroxyl groups is 1. The van der Waals surface area contributed by atoms with E-state index in [9.17, 15) is 9.90 Å². The van der Waals surface area contributed by atoms with Crippen LogP contribution >= 0.6 is 0 Å². The second kappa shape index (κ2) is 7.10. The van der Waals surface area contributed by atoms with Gasteiger partial charge in [0.15, 0.2) is 0 Å². The molecule has 122 valence electrons. The molecule has 2 aliphatic rings. The minimum absolute atomic E-state index is 0.301. The van der Waals surface area contributed by atoms with Gasteiger partial charge in [-0.2, -0.15) is 0 Å². The Labute approximate surface area is 129 Å². The molecule has 0 spiro atoms. The molecule has 21 heavy (non-hydrogen) atoms. The molecule has 1 amide bonds. The molecule has 0 aliphatic carbocycles. The number of likely N-dealkylation sites (tertiary alicyclic amines) is 2. The minimum Gasteiger partial charge on any atom is -0.390 e. The average Bonchev–Trinajstić information content (AvgIpc) is 2.98. The fraction of sp³-hybridized carbons (Fsp3) is 0.941. The van der Waals surface area contributed by atoms with Crippen molar-refractivity contribution in [3.8, 4) is 0 Å². The van der Waals surface area contributed by atoms with Gasteiger partial charge in [-0.25, -0.2) is 0 Å². The zero-order valence-electron chi connectivity index (χ0n) is 14.0. The highest BCUT2D eigenvalue weighted by Crippen LogP contribution is 2.28. The maximum atomic E-state index is 12.3. The van der Waals surface area contributed by atoms with Crippen LogP contribution in [0.5, 0.6) is 0 Å². The third kappa shape index (κ3) is 4.68. The van der Waals surface area contributed by atoms with Gasteiger partial charge in [0, 0.05) is 25.6 Å². The molecular formula is C17H32N2O2. The number of amides is 1. The van der Waals surface area contributed by atoms with E-state index >= 15 is 0 Å². The lowest BCUT2D eigenvalue weighted by Gasteiger charge is -2.38. The van der Waals surface area contributed by atoms with Crippen LogP contribution in [0.2, 0.25) is 0 Å². The van der Waals surface area contributed by atoms with Gasteiger partial charge in [0.1, 0.15) is 0 Å². The number of hydrogen-bond donors (Lipinski definition) is 1. The Balaban J connectivity index is 1.70. The summed E-state index contributed by atoms with van der Waals surface area (Å²) in [4.78, 5) is 16.8. The summed E-state index contributed by atoms with van der Waals surface area (Å²) in [6.45, 7) is 10.0. The first kappa shape index (κ1) is 16.8. The zero-order chi connectivity index (χ0) is 15.5. The van der Waals surface area contributed by atoms with E-state index < -0.39 is 5.60 Å². The largest absolute Gasteiger partial charge is 0.390 e. The first-order chi connectivity index (χ1) is 9.88. The third-order valence-electron chi connectivity index (χ3n) is 5.39. The monoisotopic (exact) mass is 296 g/mol. The first-order valence-corrected chi connectivity index (χ1v) is 8.62. The van der Waals surface area contributed by atoms with Gasteiger partial charge in [-0.1, -0.05) is 0 Å². The van der Waals surface area contributed by atoms with Crippen molar-refractivity contribution in [2.45, 2.75) is 70.9 Å². The van der Waals surface area contributed by atoms with Gasteiger partial charge in [0.05, 0.1) is 5.60 Å². The molecule has 2 fully saturated rings. The standard InChI is InChI=1S/C17H32N2O2/c1-14(18-10-4-5-11-18)6-7-16(20)19-12-8-15(9-13-19)17(2,3)21/h14-15,21H,4-13H2,1-3H3/t14-/m1/s1. The molecule has 0 saturated carbocycles. The Hall–Kier alpha value is -0.610. The Morgan fingerprint density at radius 3 is 2.29 bits per heavy atom. The molecule has 0 unspecified atom stereocenters. The predicted molar refractivity (Wildman–Crippen MR) is 85.1 cm³/mol. The van der Waals surface area contributed by atoms with E-state index in [1.165, 1.54) is 25.9 Å². The van der Waals surface area contributed by atoms with Crippen molar-refractivity contribution in [3.63, 3.8) is 0 Å². The molecule has 4 heteroatoms. The first-order valence-electron chi connectivity index (χ1n) is 8.62. The highest BCUT2D eigenvalue weighted by molar-refractivity contribution is 5.76. The summed E-state index contributed by atoms with van der Waals surface area (Å²) in [5.41, 5.74) is -0.612. The van der Waals surface area contributed by atoms with Crippen LogP contribution in [0.3, 0.4) is 0 Å². The fourth-order valence-electron chi connectivity index (χ4n) is 3.69. The summed E-state index contributed by atoms with van der Waals surface area (Å²) in [6, 6.07) is 0.533. The second-order valence-electron chi connectivity index (χ2n) is 7.44. The maximum Gasteiger partial charge on any atom is 0.222 e. The average molecular weight is 296 g/mol. The number of hydrogen-bond acceptors (Lipinski definition) is 3. The number of rotatable bonds is 5. The van der Waals surface area contributed by atoms with E-state index in [0.717, 1.165) is 32.4 Å². The van der Waals surface area contributed by atoms with E-state index in [1.54, 1.807) is 0 Å². The van der Waals surface area contributed by atoms with E-state index in [2.05, 4.69) is 11.8 Å². The van der Waals surface area contributed by atoms with Gasteiger partial charge >= 0.3 is 0 Å². The summed E-state index contributed by atoms with van der Waals surface area (Å²) < 4.78 is 0. The molecule has 1 N–H and O–H groups in total. The van der Waals surface area contributed by atoms with Gasteiger partial charge in [-0.3, -0.25) is 4.79 Å². The van der Waals surface area contributed by atoms with Crippen molar-refractivity contribution >= 4 is 5.91 Å². The number of carbonyl (C=O) groups excluding carboxylic acids is 1. The van der Waals surface area contributed by atoms with Crippen LogP contribution in [0.4, 0.5) is 0 Å². The molecule has 0 aromatic heterocycles. The van der Waals surface area contributed by atoms with Crippen LogP contribution < -0.4 is 0 Å². The molecule has 2 rings (SSSR count). The Bertz CT molecular complexity index is 337. The topological polar surface area (TPSA) is 43.8 Å². The van der Waals surface area contributed by atoms with Crippen molar-refractivity contribution < 1.29 is 9.90 Å². The van der Waals surface area contributed by atoms with E-state index in [1.807, 2.05) is 18.7 Å². The lowest BCUT2D eigenvalue weighted by atomic mass is 9.83. The Morgan fingerprint density at radius 1 is 1.19 bits per heavy atom. The molecule has 0 aromatic rings. The SMILES string of the molecule is C[C@H](CCC(=O)N1CCC(C(C)(C)O)CC1)N1CCCC1. The Morgan fingerprint density at radius 2 is 1.76 bits per heavy atom. The fourth-order valence-corrected chi connectivity index (χ4v) is 3.69. The summed E-state index contributed by atoms with van der Waals surface area (Å²) in [7, 11) is 0. The van der Waals surface area contributed by atoms with Crippen LogP contribution in [0.25, 0.3) is 0 Å². The molecule has 2 heterocycles. The van der Waals surface area contributed by atoms with Gasteiger partial charge in [0.2, 0.25) is 5.91 Å². The quantitative estimate of drug-likeness (QED) is 0.846. The minimum atomic E-state index is -0.612. The van der Waals surface area contributed by atoms with Crippen molar-refractivity contribution in [1.29, 1.82) is 0 Å². The summed E-state index contributed by atoms with van der Waals surface area (Å²) in [5, 5.41) is 10.1. The molecule has 2 aliphatic heterocycles. The van der Waals surface area contributed by atoms with Gasteiger partial charge in [0.25, 0.3) is 0 Å². The highest BCUT2D eigenvalue weighted by Gasteiger charge is 2.32. The van der Waals surface area contributed by atoms with Crippen LogP contribution in [-0.2, 0) is 4.79 Å². The van der Waals surface area contributed by atoms with Crippen molar-refractivity contribution in [1.82, 2.24) is 9.80 Å². The van der Waals surface area contributed by atoms with Crippen LogP contribution in [0.15, 0.2) is 0 Å². The smallest absolute Gasteiger partial charge is 0.222 e. The summed E-state index contributed by atoms with van der Waals surface area (Å²) >= 11 is 0. The lowest BCUT2D eigenvalue weighted by Crippen LogP contribution is -2.44. The zero-order valence-corrected chi connectivity index (χ0v) is 14.0. The van der Waals surface area contributed by atoms with Crippen molar-refractivity contribution in [2.24, 2.45) is 5.92 Å². The molecule has 0 radical (unpaired) electrons. The predicted octanol–water partition coefficient (Wildman–Crippen LogP) is 2.26. The van der Waals surface area contributed by atoms with Crippen LogP contribution in [-0.4, -0.2) is 58.6 Å². The molecular weight excluding hydrogens is 264 g/mol. The normalized spacial score (nSPS) is 23.5. The van der Waals surface area contributed by atoms with Gasteiger partial charge in [-0.15, -0.1) is 0 Å². The maximum absolute atomic E-state index is 12.3. The highest BCUT2D eigenvalue weighted by atomic mass is 16.3. The molecule has 2 saturated heterocycles. The molecule has 4 nitrogen and oxygen atoms in total. The van der Waals surface area contributed by atoms with Gasteiger partial charge in [-0.05, 0) is 71.9 Å². The Kier molecular flexibility index (Phi) is 5.67. The second-order valence-corrected chi connectivity index (χ2v) is 7.44. The number of piperidine rings is 1. The molecule has 0 bridgehead atoms. The van der Waals surface area contributed by atoms with Crippen LogP contribution in [0.1, 0.15) is 59.3 Å². The molecule has 1 atom stereocenters. The van der Waals surface area contributed by atoms with Crippen molar-refractivity contribution in [3.05, 3.63) is 0 Å².